The number of rotatable bonds is 5. The lowest BCUT2D eigenvalue weighted by atomic mass is 9.81. The molecule has 5 heterocycles. The highest BCUT2D eigenvalue weighted by Crippen LogP contribution is 2.44. The van der Waals surface area contributed by atoms with Crippen molar-refractivity contribution in [2.24, 2.45) is 7.05 Å². The smallest absolute Gasteiger partial charge is 0.195 e. The number of carbonyl (C=O) groups is 1. The average molecular weight is 508 g/mol. The first-order chi connectivity index (χ1) is 17.8. The molecule has 2 unspecified atom stereocenters. The lowest BCUT2D eigenvalue weighted by Crippen LogP contribution is -2.48. The third-order valence-electron chi connectivity index (χ3n) is 7.34. The standard InChI is InChI=1S/C26H24F3N7O/c1-14-6-17(35-12-30-31-13-35)10-21(32-14)23(37)11-36-16-4-3-5-22(36)25-18(9-16)26(34(2)33-25)15-7-19(27)24(29)20(28)8-15/h6-8,10,12-13,16,22H,3-5,9,11H2,1-2H3. The Bertz CT molecular complexity index is 1490. The fourth-order valence-corrected chi connectivity index (χ4v) is 5.75. The van der Waals surface area contributed by atoms with Crippen molar-refractivity contribution in [1.82, 2.24) is 34.4 Å². The van der Waals surface area contributed by atoms with E-state index in [1.807, 2.05) is 13.0 Å². The van der Waals surface area contributed by atoms with Crippen molar-refractivity contribution in [3.05, 3.63) is 77.0 Å². The van der Waals surface area contributed by atoms with Crippen LogP contribution in [0.3, 0.4) is 0 Å². The molecule has 2 bridgehead atoms. The van der Waals surface area contributed by atoms with Gasteiger partial charge in [0.05, 0.1) is 29.7 Å². The van der Waals surface area contributed by atoms with Gasteiger partial charge in [-0.1, -0.05) is 0 Å². The van der Waals surface area contributed by atoms with E-state index in [1.165, 1.54) is 0 Å². The van der Waals surface area contributed by atoms with Gasteiger partial charge in [0.15, 0.2) is 23.2 Å². The number of piperidine rings is 1. The first-order valence-electron chi connectivity index (χ1n) is 12.1. The van der Waals surface area contributed by atoms with Gasteiger partial charge in [-0.15, -0.1) is 10.2 Å². The Morgan fingerprint density at radius 2 is 1.78 bits per heavy atom. The highest BCUT2D eigenvalue weighted by Gasteiger charge is 2.42. The molecule has 1 fully saturated rings. The molecule has 0 saturated carbocycles. The zero-order valence-electron chi connectivity index (χ0n) is 20.3. The summed E-state index contributed by atoms with van der Waals surface area (Å²) in [6.07, 6.45) is 6.40. The molecule has 0 radical (unpaired) electrons. The SMILES string of the molecule is Cc1cc(-n2cnnc2)cc(C(=O)CN2C3CCCC2c2nn(C)c(-c4cc(F)c(F)c(F)c4)c2C3)n1. The minimum absolute atomic E-state index is 0.0652. The lowest BCUT2D eigenvalue weighted by Gasteiger charge is -2.45. The van der Waals surface area contributed by atoms with E-state index in [4.69, 9.17) is 5.10 Å². The quantitative estimate of drug-likeness (QED) is 0.299. The number of halogens is 3. The molecule has 0 N–H and O–H groups in total. The Balaban J connectivity index is 1.33. The summed E-state index contributed by atoms with van der Waals surface area (Å²) in [6, 6.07) is 5.58. The number of hydrogen-bond acceptors (Lipinski definition) is 6. The van der Waals surface area contributed by atoms with Gasteiger partial charge in [-0.25, -0.2) is 18.2 Å². The molecule has 3 aromatic heterocycles. The normalized spacial score (nSPS) is 19.2. The van der Waals surface area contributed by atoms with Gasteiger partial charge in [-0.05, 0) is 56.9 Å². The highest BCUT2D eigenvalue weighted by atomic mass is 19.2. The molecule has 2 aliphatic rings. The van der Waals surface area contributed by atoms with Crippen molar-refractivity contribution < 1.29 is 18.0 Å². The summed E-state index contributed by atoms with van der Waals surface area (Å²) in [5, 5.41) is 12.4. The summed E-state index contributed by atoms with van der Waals surface area (Å²) in [7, 11) is 1.72. The maximum absolute atomic E-state index is 14.0. The molecular weight excluding hydrogens is 483 g/mol. The predicted octanol–water partition coefficient (Wildman–Crippen LogP) is 4.12. The van der Waals surface area contributed by atoms with Gasteiger partial charge in [-0.2, -0.15) is 5.10 Å². The van der Waals surface area contributed by atoms with Gasteiger partial charge in [0.1, 0.15) is 18.3 Å². The summed E-state index contributed by atoms with van der Waals surface area (Å²) in [5.41, 5.74) is 4.37. The first kappa shape index (κ1) is 23.5. The van der Waals surface area contributed by atoms with E-state index in [-0.39, 0.29) is 30.0 Å². The zero-order chi connectivity index (χ0) is 25.8. The number of nitrogens with zero attached hydrogens (tertiary/aromatic N) is 7. The highest BCUT2D eigenvalue weighted by molar-refractivity contribution is 5.96. The van der Waals surface area contributed by atoms with Crippen molar-refractivity contribution in [2.45, 2.75) is 44.7 Å². The van der Waals surface area contributed by atoms with Crippen LogP contribution in [0.4, 0.5) is 13.2 Å². The van der Waals surface area contributed by atoms with Gasteiger partial charge in [-0.3, -0.25) is 18.9 Å². The topological polar surface area (TPSA) is 81.7 Å². The monoisotopic (exact) mass is 507 g/mol. The number of benzene rings is 1. The van der Waals surface area contributed by atoms with Crippen molar-refractivity contribution >= 4 is 5.78 Å². The van der Waals surface area contributed by atoms with Crippen LogP contribution in [0.5, 0.6) is 0 Å². The molecule has 1 saturated heterocycles. The van der Waals surface area contributed by atoms with Gasteiger partial charge < -0.3 is 0 Å². The fraction of sp³-hybridized carbons (Fsp3) is 0.346. The molecule has 4 aromatic rings. The number of Topliss-reactive ketones (excluding diaryl/α,β-unsaturated/α-hetero) is 1. The Hall–Kier alpha value is -3.86. The average Bonchev–Trinajstić information content (AvgIpc) is 3.50. The van der Waals surface area contributed by atoms with Crippen LogP contribution in [0.15, 0.2) is 36.9 Å². The van der Waals surface area contributed by atoms with Crippen LogP contribution in [0.1, 0.15) is 52.7 Å². The van der Waals surface area contributed by atoms with Crippen molar-refractivity contribution in [3.63, 3.8) is 0 Å². The Kier molecular flexibility index (Phi) is 5.67. The molecule has 2 aliphatic heterocycles. The molecule has 190 valence electrons. The van der Waals surface area contributed by atoms with E-state index in [0.717, 1.165) is 48.3 Å². The maximum atomic E-state index is 14.0. The molecular formula is C26H24F3N7O. The van der Waals surface area contributed by atoms with Crippen LogP contribution in [0, 0.1) is 24.4 Å². The van der Waals surface area contributed by atoms with E-state index in [1.54, 1.807) is 35.0 Å². The van der Waals surface area contributed by atoms with Crippen LogP contribution < -0.4 is 0 Å². The number of aryl methyl sites for hydroxylation is 2. The van der Waals surface area contributed by atoms with Crippen LogP contribution in [0.25, 0.3) is 16.9 Å². The number of hydrogen-bond donors (Lipinski definition) is 0. The third kappa shape index (κ3) is 4.03. The summed E-state index contributed by atoms with van der Waals surface area (Å²) >= 11 is 0. The predicted molar refractivity (Wildman–Crippen MR) is 128 cm³/mol. The Labute approximate surface area is 210 Å². The molecule has 1 aromatic carbocycles. The minimum Gasteiger partial charge on any atom is -0.291 e. The second-order valence-electron chi connectivity index (χ2n) is 9.71. The summed E-state index contributed by atoms with van der Waals surface area (Å²) in [6.45, 7) is 2.02. The molecule has 6 rings (SSSR count). The first-order valence-corrected chi connectivity index (χ1v) is 12.1. The van der Waals surface area contributed by atoms with Crippen LogP contribution >= 0.6 is 0 Å². The van der Waals surface area contributed by atoms with Gasteiger partial charge in [0.2, 0.25) is 0 Å². The zero-order valence-corrected chi connectivity index (χ0v) is 20.3. The number of aromatic nitrogens is 6. The van der Waals surface area contributed by atoms with E-state index in [0.29, 0.717) is 23.5 Å². The molecule has 37 heavy (non-hydrogen) atoms. The van der Waals surface area contributed by atoms with Crippen molar-refractivity contribution in [1.29, 1.82) is 0 Å². The molecule has 2 atom stereocenters. The second kappa shape index (κ2) is 8.91. The van der Waals surface area contributed by atoms with Crippen LogP contribution in [0.2, 0.25) is 0 Å². The van der Waals surface area contributed by atoms with Crippen molar-refractivity contribution in [2.75, 3.05) is 6.54 Å². The van der Waals surface area contributed by atoms with E-state index >= 15 is 0 Å². The molecule has 0 aliphatic carbocycles. The van der Waals surface area contributed by atoms with Crippen LogP contribution in [-0.4, -0.2) is 52.8 Å². The maximum Gasteiger partial charge on any atom is 0.195 e. The van der Waals surface area contributed by atoms with Crippen molar-refractivity contribution in [3.8, 4) is 16.9 Å². The largest absolute Gasteiger partial charge is 0.291 e. The Morgan fingerprint density at radius 1 is 1.05 bits per heavy atom. The third-order valence-corrected chi connectivity index (χ3v) is 7.34. The molecule has 11 heteroatoms. The van der Waals surface area contributed by atoms with Crippen LogP contribution in [-0.2, 0) is 13.5 Å². The number of pyridine rings is 1. The van der Waals surface area contributed by atoms with E-state index < -0.39 is 17.5 Å². The number of fused-ring (bicyclic) bond motifs is 4. The second-order valence-corrected chi connectivity index (χ2v) is 9.71. The van der Waals surface area contributed by atoms with E-state index in [9.17, 15) is 18.0 Å². The molecule has 0 amide bonds. The fourth-order valence-electron chi connectivity index (χ4n) is 5.75. The summed E-state index contributed by atoms with van der Waals surface area (Å²) < 4.78 is 45.0. The Morgan fingerprint density at radius 3 is 2.51 bits per heavy atom. The summed E-state index contributed by atoms with van der Waals surface area (Å²) in [4.78, 5) is 20.1. The van der Waals surface area contributed by atoms with E-state index in [2.05, 4.69) is 20.1 Å². The molecule has 8 nitrogen and oxygen atoms in total. The number of ketones is 1. The summed E-state index contributed by atoms with van der Waals surface area (Å²) in [5.74, 6) is -4.05. The van der Waals surface area contributed by atoms with Gasteiger partial charge in [0, 0.05) is 29.9 Å². The minimum atomic E-state index is -1.49. The van der Waals surface area contributed by atoms with Gasteiger partial charge in [0.25, 0.3) is 0 Å². The lowest BCUT2D eigenvalue weighted by molar-refractivity contribution is 0.0559. The molecule has 0 spiro atoms. The number of carbonyl (C=O) groups excluding carboxylic acids is 1. The van der Waals surface area contributed by atoms with Gasteiger partial charge >= 0.3 is 0 Å².